The third kappa shape index (κ3) is 2.73. The second-order valence-corrected chi connectivity index (χ2v) is 7.13. The summed E-state index contributed by atoms with van der Waals surface area (Å²) >= 11 is 3.33. The smallest absolute Gasteiger partial charge is 0.306 e. The van der Waals surface area contributed by atoms with Gasteiger partial charge in [-0.05, 0) is 34.1 Å². The van der Waals surface area contributed by atoms with Gasteiger partial charge in [-0.15, -0.1) is 0 Å². The van der Waals surface area contributed by atoms with Crippen LogP contribution in [-0.4, -0.2) is 32.5 Å². The molecular formula is C13H10BBrN2O3S. The van der Waals surface area contributed by atoms with Crippen molar-refractivity contribution in [2.75, 3.05) is 6.26 Å². The molecule has 0 fully saturated rings. The summed E-state index contributed by atoms with van der Waals surface area (Å²) in [4.78, 5) is 9.05. The molecule has 0 N–H and O–H groups in total. The van der Waals surface area contributed by atoms with Crippen molar-refractivity contribution in [3.63, 3.8) is 0 Å². The molecule has 2 aromatic carbocycles. The van der Waals surface area contributed by atoms with E-state index in [1.807, 2.05) is 32.1 Å². The van der Waals surface area contributed by atoms with E-state index in [0.717, 1.165) is 17.2 Å². The maximum absolute atomic E-state index is 11.5. The normalized spacial score (nSPS) is 11.9. The van der Waals surface area contributed by atoms with Crippen LogP contribution in [0.4, 0.5) is 0 Å². The van der Waals surface area contributed by atoms with Gasteiger partial charge >= 0.3 is 10.1 Å². The van der Waals surface area contributed by atoms with E-state index in [0.29, 0.717) is 21.0 Å². The van der Waals surface area contributed by atoms with Crippen LogP contribution in [0.3, 0.4) is 0 Å². The highest BCUT2D eigenvalue weighted by atomic mass is 79.9. The van der Waals surface area contributed by atoms with Crippen LogP contribution in [0.1, 0.15) is 0 Å². The summed E-state index contributed by atoms with van der Waals surface area (Å²) in [6.07, 6.45) is 1.000. The first-order valence-electron chi connectivity index (χ1n) is 6.10. The van der Waals surface area contributed by atoms with Crippen LogP contribution < -0.4 is 9.65 Å². The first-order chi connectivity index (χ1) is 9.85. The molecule has 0 saturated heterocycles. The van der Waals surface area contributed by atoms with Gasteiger partial charge in [0.15, 0.2) is 5.75 Å². The van der Waals surface area contributed by atoms with Gasteiger partial charge in [0, 0.05) is 0 Å². The summed E-state index contributed by atoms with van der Waals surface area (Å²) in [5.41, 5.74) is 3.36. The van der Waals surface area contributed by atoms with E-state index < -0.39 is 10.1 Å². The molecule has 21 heavy (non-hydrogen) atoms. The molecule has 106 valence electrons. The largest absolute Gasteiger partial charge is 0.379 e. The van der Waals surface area contributed by atoms with Crippen molar-refractivity contribution in [3.8, 4) is 5.75 Å². The van der Waals surface area contributed by atoms with Crippen LogP contribution in [0.2, 0.25) is 0 Å². The molecule has 8 heteroatoms. The molecule has 0 spiro atoms. The number of hydrogen-bond acceptors (Lipinski definition) is 5. The molecule has 5 nitrogen and oxygen atoms in total. The maximum atomic E-state index is 11.5. The van der Waals surface area contributed by atoms with Gasteiger partial charge in [-0.25, -0.2) is 9.97 Å². The van der Waals surface area contributed by atoms with Crippen molar-refractivity contribution in [1.82, 2.24) is 9.97 Å². The topological polar surface area (TPSA) is 69.2 Å². The fourth-order valence-corrected chi connectivity index (χ4v) is 3.29. The van der Waals surface area contributed by atoms with Crippen LogP contribution in [0, 0.1) is 0 Å². The molecular weight excluding hydrogens is 355 g/mol. The number of hydrogen-bond donors (Lipinski definition) is 0. The van der Waals surface area contributed by atoms with E-state index in [2.05, 4.69) is 25.9 Å². The Morgan fingerprint density at radius 1 is 1.14 bits per heavy atom. The van der Waals surface area contributed by atoms with Crippen LogP contribution >= 0.6 is 15.9 Å². The molecule has 3 aromatic rings. The number of fused-ring (bicyclic) bond motifs is 2. The second kappa shape index (κ2) is 4.96. The average molecular weight is 365 g/mol. The minimum atomic E-state index is -3.66. The standard InChI is InChI=1S/C13H10BBrN2O3S/c1-21(18,19)20-13-8(15)6-7(14)11-12(13)17-10-5-3-2-4-9(10)16-11/h2-6H,14H2,1H3. The highest BCUT2D eigenvalue weighted by molar-refractivity contribution is 9.10. The lowest BCUT2D eigenvalue weighted by Gasteiger charge is -2.11. The molecule has 0 unspecified atom stereocenters. The maximum Gasteiger partial charge on any atom is 0.306 e. The monoisotopic (exact) mass is 364 g/mol. The Labute approximate surface area is 131 Å². The van der Waals surface area contributed by atoms with Crippen molar-refractivity contribution in [2.45, 2.75) is 0 Å². The molecule has 0 amide bonds. The summed E-state index contributed by atoms with van der Waals surface area (Å²) in [6, 6.07) is 9.19. The number of rotatable bonds is 2. The van der Waals surface area contributed by atoms with Crippen LogP contribution in [0.25, 0.3) is 22.1 Å². The molecule has 1 heterocycles. The fraction of sp³-hybridized carbons (Fsp3) is 0.0769. The molecule has 0 saturated carbocycles. The van der Waals surface area contributed by atoms with Gasteiger partial charge in [0.1, 0.15) is 13.4 Å². The van der Waals surface area contributed by atoms with Crippen molar-refractivity contribution in [1.29, 1.82) is 0 Å². The second-order valence-electron chi connectivity index (χ2n) is 4.70. The number of aromatic nitrogens is 2. The molecule has 0 bridgehead atoms. The van der Waals surface area contributed by atoms with Gasteiger partial charge in [0.2, 0.25) is 0 Å². The number of benzene rings is 2. The number of nitrogens with zero attached hydrogens (tertiary/aromatic N) is 2. The fourth-order valence-electron chi connectivity index (χ4n) is 2.10. The lowest BCUT2D eigenvalue weighted by atomic mass is 9.94. The van der Waals surface area contributed by atoms with E-state index in [-0.39, 0.29) is 5.75 Å². The zero-order valence-electron chi connectivity index (χ0n) is 11.3. The Balaban J connectivity index is 2.43. The summed E-state index contributed by atoms with van der Waals surface area (Å²) in [7, 11) is -1.77. The van der Waals surface area contributed by atoms with E-state index in [9.17, 15) is 8.42 Å². The van der Waals surface area contributed by atoms with Gasteiger partial charge in [0.05, 0.1) is 27.3 Å². The molecule has 0 aliphatic rings. The summed E-state index contributed by atoms with van der Waals surface area (Å²) in [5.74, 6) is 0.163. The van der Waals surface area contributed by atoms with Crippen LogP contribution in [0.5, 0.6) is 5.75 Å². The summed E-state index contributed by atoms with van der Waals surface area (Å²) in [6.45, 7) is 0. The summed E-state index contributed by atoms with van der Waals surface area (Å²) < 4.78 is 28.5. The Morgan fingerprint density at radius 2 is 1.71 bits per heavy atom. The molecule has 1 aromatic heterocycles. The van der Waals surface area contributed by atoms with Gasteiger partial charge in [-0.3, -0.25) is 0 Å². The van der Waals surface area contributed by atoms with Crippen molar-refractivity contribution < 1.29 is 12.6 Å². The predicted octanol–water partition coefficient (Wildman–Crippen LogP) is 1.14. The predicted molar refractivity (Wildman–Crippen MR) is 88.4 cm³/mol. The first-order valence-corrected chi connectivity index (χ1v) is 8.71. The van der Waals surface area contributed by atoms with E-state index in [1.54, 1.807) is 6.07 Å². The first kappa shape index (κ1) is 14.3. The highest BCUT2D eigenvalue weighted by Gasteiger charge is 2.17. The molecule has 3 rings (SSSR count). The third-order valence-corrected chi connectivity index (χ3v) is 4.01. The van der Waals surface area contributed by atoms with E-state index >= 15 is 0 Å². The lowest BCUT2D eigenvalue weighted by Crippen LogP contribution is -2.12. The van der Waals surface area contributed by atoms with Gasteiger partial charge in [-0.2, -0.15) is 8.42 Å². The van der Waals surface area contributed by atoms with E-state index in [4.69, 9.17) is 4.18 Å². The zero-order chi connectivity index (χ0) is 15.2. The third-order valence-electron chi connectivity index (χ3n) is 2.95. The van der Waals surface area contributed by atoms with Crippen LogP contribution in [0.15, 0.2) is 34.8 Å². The van der Waals surface area contributed by atoms with Crippen molar-refractivity contribution >= 4 is 61.4 Å². The highest BCUT2D eigenvalue weighted by Crippen LogP contribution is 2.32. The molecule has 0 radical (unpaired) electrons. The van der Waals surface area contributed by atoms with Crippen molar-refractivity contribution in [3.05, 3.63) is 34.8 Å². The van der Waals surface area contributed by atoms with Gasteiger partial charge in [-0.1, -0.05) is 17.6 Å². The van der Waals surface area contributed by atoms with Gasteiger partial charge < -0.3 is 4.18 Å². The zero-order valence-corrected chi connectivity index (χ0v) is 13.7. The Bertz CT molecular complexity index is 976. The Kier molecular flexibility index (Phi) is 3.37. The number of halogens is 1. The lowest BCUT2D eigenvalue weighted by molar-refractivity contribution is 0.494. The molecule has 0 aliphatic carbocycles. The molecule has 0 atom stereocenters. The minimum absolute atomic E-state index is 0.163. The SMILES string of the molecule is Bc1cc(Br)c(OS(C)(=O)=O)c2nc3ccccc3nc12. The van der Waals surface area contributed by atoms with Crippen molar-refractivity contribution in [2.24, 2.45) is 0 Å². The summed E-state index contributed by atoms with van der Waals surface area (Å²) in [5, 5.41) is 0. The van der Waals surface area contributed by atoms with Gasteiger partial charge in [0.25, 0.3) is 0 Å². The number of para-hydroxylation sites is 2. The molecule has 0 aliphatic heterocycles. The van der Waals surface area contributed by atoms with E-state index in [1.165, 1.54) is 0 Å². The Hall–Kier alpha value is -1.67. The average Bonchev–Trinajstić information content (AvgIpc) is 2.41. The van der Waals surface area contributed by atoms with Crippen LogP contribution in [-0.2, 0) is 10.1 Å². The quantitative estimate of drug-likeness (QED) is 0.387. The Morgan fingerprint density at radius 3 is 2.29 bits per heavy atom. The minimum Gasteiger partial charge on any atom is -0.379 e.